The summed E-state index contributed by atoms with van der Waals surface area (Å²) in [6.45, 7) is 1.61. The number of anilines is 1. The Labute approximate surface area is 167 Å². The van der Waals surface area contributed by atoms with E-state index < -0.39 is 27.6 Å². The van der Waals surface area contributed by atoms with Crippen LogP contribution in [0.4, 0.5) is 14.5 Å². The summed E-state index contributed by atoms with van der Waals surface area (Å²) in [5.74, 6) is -3.11. The standard InChI is InChI=1S/C20H20F2N2O4S/c1-13(25)15-3-2-4-16(11-15)23-20(26)14-7-9-24(10-8-14)29(27,28)17-5-6-18(21)19(22)12-17/h2-6,11-12,14H,7-10H2,1H3,(H,23,26). The third kappa shape index (κ3) is 4.68. The topological polar surface area (TPSA) is 83.6 Å². The maximum Gasteiger partial charge on any atom is 0.243 e. The number of rotatable bonds is 5. The molecule has 1 heterocycles. The zero-order valence-electron chi connectivity index (χ0n) is 15.7. The molecular weight excluding hydrogens is 402 g/mol. The number of carbonyl (C=O) groups excluding carboxylic acids is 2. The average molecular weight is 422 g/mol. The Hall–Kier alpha value is -2.65. The third-order valence-corrected chi connectivity index (χ3v) is 6.78. The molecule has 1 N–H and O–H groups in total. The van der Waals surface area contributed by atoms with Crippen molar-refractivity contribution in [2.45, 2.75) is 24.7 Å². The highest BCUT2D eigenvalue weighted by atomic mass is 32.2. The van der Waals surface area contributed by atoms with Crippen molar-refractivity contribution in [3.05, 3.63) is 59.7 Å². The highest BCUT2D eigenvalue weighted by molar-refractivity contribution is 7.89. The minimum atomic E-state index is -3.97. The maximum atomic E-state index is 13.4. The number of halogens is 2. The van der Waals surface area contributed by atoms with Gasteiger partial charge >= 0.3 is 0 Å². The molecule has 0 spiro atoms. The van der Waals surface area contributed by atoms with Gasteiger partial charge in [-0.1, -0.05) is 12.1 Å². The van der Waals surface area contributed by atoms with Crippen LogP contribution in [0.5, 0.6) is 0 Å². The maximum absolute atomic E-state index is 13.4. The molecule has 1 aliphatic rings. The van der Waals surface area contributed by atoms with Gasteiger partial charge in [0.1, 0.15) is 0 Å². The number of carbonyl (C=O) groups is 2. The van der Waals surface area contributed by atoms with Crippen LogP contribution in [0.1, 0.15) is 30.1 Å². The second-order valence-electron chi connectivity index (χ2n) is 6.88. The van der Waals surface area contributed by atoms with E-state index in [1.807, 2.05) is 0 Å². The fourth-order valence-corrected chi connectivity index (χ4v) is 4.69. The first-order chi connectivity index (χ1) is 13.7. The first-order valence-corrected chi connectivity index (χ1v) is 10.5. The third-order valence-electron chi connectivity index (χ3n) is 4.89. The number of nitrogens with one attached hydrogen (secondary N) is 1. The van der Waals surface area contributed by atoms with Crippen LogP contribution < -0.4 is 5.32 Å². The van der Waals surface area contributed by atoms with Gasteiger partial charge in [-0.25, -0.2) is 17.2 Å². The quantitative estimate of drug-likeness (QED) is 0.750. The van der Waals surface area contributed by atoms with E-state index >= 15 is 0 Å². The predicted molar refractivity (Wildman–Crippen MR) is 103 cm³/mol. The van der Waals surface area contributed by atoms with Crippen LogP contribution in [0, 0.1) is 17.6 Å². The first kappa shape index (κ1) is 21.1. The second kappa shape index (κ2) is 8.38. The molecule has 0 saturated carbocycles. The Morgan fingerprint density at radius 3 is 2.34 bits per heavy atom. The van der Waals surface area contributed by atoms with E-state index in [-0.39, 0.29) is 29.7 Å². The summed E-state index contributed by atoms with van der Waals surface area (Å²) in [7, 11) is -3.97. The normalized spacial score (nSPS) is 15.8. The lowest BCUT2D eigenvalue weighted by Gasteiger charge is -2.30. The largest absolute Gasteiger partial charge is 0.326 e. The smallest absolute Gasteiger partial charge is 0.243 e. The van der Waals surface area contributed by atoms with Gasteiger partial charge in [-0.05, 0) is 50.1 Å². The van der Waals surface area contributed by atoms with Crippen molar-refractivity contribution in [2.24, 2.45) is 5.92 Å². The van der Waals surface area contributed by atoms with Gasteiger partial charge in [0.25, 0.3) is 0 Å². The van der Waals surface area contributed by atoms with E-state index in [2.05, 4.69) is 5.32 Å². The van der Waals surface area contributed by atoms with Crippen molar-refractivity contribution in [2.75, 3.05) is 18.4 Å². The van der Waals surface area contributed by atoms with Crippen LogP contribution in [-0.4, -0.2) is 37.5 Å². The van der Waals surface area contributed by atoms with Crippen LogP contribution >= 0.6 is 0 Å². The number of nitrogens with zero attached hydrogens (tertiary/aromatic N) is 1. The number of amides is 1. The lowest BCUT2D eigenvalue weighted by Crippen LogP contribution is -2.41. The molecule has 1 aliphatic heterocycles. The van der Waals surface area contributed by atoms with Gasteiger partial charge in [-0.3, -0.25) is 9.59 Å². The number of hydrogen-bond acceptors (Lipinski definition) is 4. The van der Waals surface area contributed by atoms with Crippen LogP contribution in [0.2, 0.25) is 0 Å². The van der Waals surface area contributed by atoms with E-state index in [1.165, 1.54) is 11.2 Å². The number of ketones is 1. The van der Waals surface area contributed by atoms with Crippen LogP contribution in [0.3, 0.4) is 0 Å². The summed E-state index contributed by atoms with van der Waals surface area (Å²) >= 11 is 0. The van der Waals surface area contributed by atoms with Crippen molar-refractivity contribution >= 4 is 27.4 Å². The summed E-state index contributed by atoms with van der Waals surface area (Å²) in [5.41, 5.74) is 0.981. The first-order valence-electron chi connectivity index (χ1n) is 9.05. The minimum Gasteiger partial charge on any atom is -0.326 e. The SMILES string of the molecule is CC(=O)c1cccc(NC(=O)C2CCN(S(=O)(=O)c3ccc(F)c(F)c3)CC2)c1. The predicted octanol–water partition coefficient (Wildman–Crippen LogP) is 3.21. The van der Waals surface area contributed by atoms with Crippen molar-refractivity contribution in [1.82, 2.24) is 4.31 Å². The van der Waals surface area contributed by atoms with Gasteiger partial charge in [0.15, 0.2) is 17.4 Å². The summed E-state index contributed by atoms with van der Waals surface area (Å²) in [4.78, 5) is 23.6. The van der Waals surface area contributed by atoms with Gasteiger partial charge in [0, 0.05) is 30.3 Å². The Morgan fingerprint density at radius 2 is 1.72 bits per heavy atom. The molecule has 0 aliphatic carbocycles. The molecule has 1 fully saturated rings. The molecule has 1 saturated heterocycles. The zero-order valence-corrected chi connectivity index (χ0v) is 16.5. The highest BCUT2D eigenvalue weighted by Gasteiger charge is 2.32. The lowest BCUT2D eigenvalue weighted by molar-refractivity contribution is -0.120. The Morgan fingerprint density at radius 1 is 1.03 bits per heavy atom. The van der Waals surface area contributed by atoms with Gasteiger partial charge in [-0.2, -0.15) is 4.31 Å². The lowest BCUT2D eigenvalue weighted by atomic mass is 9.97. The molecule has 1 amide bonds. The molecule has 29 heavy (non-hydrogen) atoms. The van der Waals surface area contributed by atoms with E-state index in [0.717, 1.165) is 12.1 Å². The minimum absolute atomic E-state index is 0.0902. The van der Waals surface area contributed by atoms with E-state index in [4.69, 9.17) is 0 Å². The fourth-order valence-electron chi connectivity index (χ4n) is 3.20. The Kier molecular flexibility index (Phi) is 6.09. The van der Waals surface area contributed by atoms with Crippen molar-refractivity contribution in [1.29, 1.82) is 0 Å². The monoisotopic (exact) mass is 422 g/mol. The van der Waals surface area contributed by atoms with Crippen LogP contribution in [-0.2, 0) is 14.8 Å². The second-order valence-corrected chi connectivity index (χ2v) is 8.82. The molecule has 0 unspecified atom stereocenters. The molecule has 2 aromatic carbocycles. The number of hydrogen-bond donors (Lipinski definition) is 1. The molecule has 9 heteroatoms. The molecule has 0 radical (unpaired) electrons. The summed E-state index contributed by atoms with van der Waals surface area (Å²) in [6.07, 6.45) is 0.586. The molecule has 3 rings (SSSR count). The average Bonchev–Trinajstić information content (AvgIpc) is 2.70. The highest BCUT2D eigenvalue weighted by Crippen LogP contribution is 2.26. The number of sulfonamides is 1. The molecule has 0 aromatic heterocycles. The fraction of sp³-hybridized carbons (Fsp3) is 0.300. The van der Waals surface area contributed by atoms with E-state index in [1.54, 1.807) is 24.3 Å². The zero-order chi connectivity index (χ0) is 21.2. The molecule has 2 aromatic rings. The van der Waals surface area contributed by atoms with Crippen LogP contribution in [0.25, 0.3) is 0 Å². The number of Topliss-reactive ketones (excluding diaryl/α,β-unsaturated/α-hetero) is 1. The van der Waals surface area contributed by atoms with Crippen molar-refractivity contribution in [3.63, 3.8) is 0 Å². The molecule has 154 valence electrons. The Balaban J connectivity index is 1.63. The molecule has 0 bridgehead atoms. The molecular formula is C20H20F2N2O4S. The van der Waals surface area contributed by atoms with E-state index in [9.17, 15) is 26.8 Å². The summed E-state index contributed by atoms with van der Waals surface area (Å²) in [5, 5.41) is 2.76. The summed E-state index contributed by atoms with van der Waals surface area (Å²) < 4.78 is 52.9. The van der Waals surface area contributed by atoms with Crippen LogP contribution in [0.15, 0.2) is 47.4 Å². The van der Waals surface area contributed by atoms with E-state index in [0.29, 0.717) is 30.2 Å². The van der Waals surface area contributed by atoms with Gasteiger partial charge in [-0.15, -0.1) is 0 Å². The van der Waals surface area contributed by atoms with Crippen molar-refractivity contribution < 1.29 is 26.8 Å². The number of piperidine rings is 1. The van der Waals surface area contributed by atoms with Gasteiger partial charge in [0.05, 0.1) is 4.90 Å². The number of benzene rings is 2. The molecule has 0 atom stereocenters. The summed E-state index contributed by atoms with van der Waals surface area (Å²) in [6, 6.07) is 9.04. The Bertz CT molecular complexity index is 1050. The van der Waals surface area contributed by atoms with Crippen molar-refractivity contribution in [3.8, 4) is 0 Å². The van der Waals surface area contributed by atoms with Gasteiger partial charge in [0.2, 0.25) is 15.9 Å². The molecule has 6 nitrogen and oxygen atoms in total. The van der Waals surface area contributed by atoms with Gasteiger partial charge < -0.3 is 5.32 Å².